The maximum absolute atomic E-state index is 11.7. The molecule has 2 N–H and O–H groups in total. The van der Waals surface area contributed by atoms with Crippen LogP contribution in [0.4, 0.5) is 0 Å². The predicted octanol–water partition coefficient (Wildman–Crippen LogP) is 1.72. The highest BCUT2D eigenvalue weighted by Gasteiger charge is 2.10. The molecule has 0 heterocycles. The summed E-state index contributed by atoms with van der Waals surface area (Å²) >= 11 is 0. The molecule has 1 rings (SSSR count). The zero-order chi connectivity index (χ0) is 12.7. The van der Waals surface area contributed by atoms with E-state index in [9.17, 15) is 4.79 Å². The molecule has 0 radical (unpaired) electrons. The summed E-state index contributed by atoms with van der Waals surface area (Å²) in [4.78, 5) is 11.7. The molecule has 1 amide bonds. The van der Waals surface area contributed by atoms with Gasteiger partial charge in [-0.3, -0.25) is 4.79 Å². The number of nitrogens with one attached hydrogen (secondary N) is 2. The van der Waals surface area contributed by atoms with Gasteiger partial charge in [0.1, 0.15) is 0 Å². The van der Waals surface area contributed by atoms with E-state index in [-0.39, 0.29) is 11.8 Å². The summed E-state index contributed by atoms with van der Waals surface area (Å²) in [5.74, 6) is 0.105. The standard InChI is InChI=1S/C14H22N2O/c1-4-12-5-7-13(8-6-12)10-16-14(17)11(2)9-15-3/h5-8,11,15H,4,9-10H2,1-3H3,(H,16,17). The third-order valence-corrected chi connectivity index (χ3v) is 2.86. The van der Waals surface area contributed by atoms with Crippen molar-refractivity contribution < 1.29 is 4.79 Å². The highest BCUT2D eigenvalue weighted by atomic mass is 16.1. The van der Waals surface area contributed by atoms with Crippen LogP contribution in [0.3, 0.4) is 0 Å². The van der Waals surface area contributed by atoms with Gasteiger partial charge in [0.05, 0.1) is 0 Å². The topological polar surface area (TPSA) is 41.1 Å². The molecule has 3 nitrogen and oxygen atoms in total. The van der Waals surface area contributed by atoms with Gasteiger partial charge >= 0.3 is 0 Å². The largest absolute Gasteiger partial charge is 0.352 e. The molecular formula is C14H22N2O. The molecule has 0 saturated heterocycles. The fourth-order valence-electron chi connectivity index (χ4n) is 1.66. The third-order valence-electron chi connectivity index (χ3n) is 2.86. The lowest BCUT2D eigenvalue weighted by Gasteiger charge is -2.11. The number of carbonyl (C=O) groups is 1. The van der Waals surface area contributed by atoms with Crippen molar-refractivity contribution >= 4 is 5.91 Å². The van der Waals surface area contributed by atoms with Gasteiger partial charge in [-0.05, 0) is 24.6 Å². The van der Waals surface area contributed by atoms with Crippen LogP contribution < -0.4 is 10.6 Å². The van der Waals surface area contributed by atoms with Crippen molar-refractivity contribution in [1.82, 2.24) is 10.6 Å². The number of benzene rings is 1. The Balaban J connectivity index is 2.41. The first-order chi connectivity index (χ1) is 8.17. The zero-order valence-corrected chi connectivity index (χ0v) is 10.9. The molecule has 0 bridgehead atoms. The van der Waals surface area contributed by atoms with Gasteiger partial charge in [0, 0.05) is 19.0 Å². The molecule has 0 aromatic heterocycles. The molecule has 3 heteroatoms. The molecule has 0 spiro atoms. The van der Waals surface area contributed by atoms with E-state index in [4.69, 9.17) is 0 Å². The van der Waals surface area contributed by atoms with Crippen LogP contribution in [-0.4, -0.2) is 19.5 Å². The van der Waals surface area contributed by atoms with Gasteiger partial charge in [0.25, 0.3) is 0 Å². The summed E-state index contributed by atoms with van der Waals surface area (Å²) < 4.78 is 0. The summed E-state index contributed by atoms with van der Waals surface area (Å²) in [6, 6.07) is 8.36. The number of hydrogen-bond acceptors (Lipinski definition) is 2. The Labute approximate surface area is 104 Å². The van der Waals surface area contributed by atoms with Gasteiger partial charge in [-0.1, -0.05) is 38.1 Å². The number of hydrogen-bond donors (Lipinski definition) is 2. The molecule has 1 unspecified atom stereocenters. The number of carbonyl (C=O) groups excluding carboxylic acids is 1. The average Bonchev–Trinajstić information content (AvgIpc) is 2.36. The average molecular weight is 234 g/mol. The fourth-order valence-corrected chi connectivity index (χ4v) is 1.66. The maximum Gasteiger partial charge on any atom is 0.224 e. The van der Waals surface area contributed by atoms with E-state index < -0.39 is 0 Å². The third kappa shape index (κ3) is 4.57. The van der Waals surface area contributed by atoms with E-state index in [0.29, 0.717) is 13.1 Å². The molecule has 0 saturated carbocycles. The van der Waals surface area contributed by atoms with E-state index in [1.54, 1.807) is 0 Å². The van der Waals surface area contributed by atoms with Crippen LogP contribution >= 0.6 is 0 Å². The van der Waals surface area contributed by atoms with Crippen molar-refractivity contribution in [3.63, 3.8) is 0 Å². The van der Waals surface area contributed by atoms with Crippen molar-refractivity contribution in [3.8, 4) is 0 Å². The highest BCUT2D eigenvalue weighted by Crippen LogP contribution is 2.05. The Bertz CT molecular complexity index is 346. The van der Waals surface area contributed by atoms with Crippen LogP contribution in [0, 0.1) is 5.92 Å². The lowest BCUT2D eigenvalue weighted by molar-refractivity contribution is -0.124. The van der Waals surface area contributed by atoms with Crippen molar-refractivity contribution in [3.05, 3.63) is 35.4 Å². The second-order valence-corrected chi connectivity index (χ2v) is 4.35. The Morgan fingerprint density at radius 1 is 1.24 bits per heavy atom. The van der Waals surface area contributed by atoms with Crippen LogP contribution in [0.1, 0.15) is 25.0 Å². The predicted molar refractivity (Wildman–Crippen MR) is 70.8 cm³/mol. The van der Waals surface area contributed by atoms with Gasteiger partial charge in [-0.2, -0.15) is 0 Å². The normalized spacial score (nSPS) is 12.2. The summed E-state index contributed by atoms with van der Waals surface area (Å²) in [5.41, 5.74) is 2.47. The van der Waals surface area contributed by atoms with Gasteiger partial charge in [0.2, 0.25) is 5.91 Å². The monoisotopic (exact) mass is 234 g/mol. The highest BCUT2D eigenvalue weighted by molar-refractivity contribution is 5.78. The number of rotatable bonds is 6. The molecule has 0 fully saturated rings. The molecule has 0 aliphatic rings. The van der Waals surface area contributed by atoms with E-state index in [2.05, 4.69) is 41.8 Å². The molecule has 1 aromatic carbocycles. The first-order valence-corrected chi connectivity index (χ1v) is 6.17. The van der Waals surface area contributed by atoms with E-state index in [1.165, 1.54) is 5.56 Å². The lowest BCUT2D eigenvalue weighted by atomic mass is 10.1. The van der Waals surface area contributed by atoms with Crippen LogP contribution in [0.25, 0.3) is 0 Å². The number of aryl methyl sites for hydroxylation is 1. The molecule has 0 aliphatic heterocycles. The molecule has 17 heavy (non-hydrogen) atoms. The molecule has 1 atom stereocenters. The maximum atomic E-state index is 11.7. The van der Waals surface area contributed by atoms with E-state index >= 15 is 0 Å². The number of amides is 1. The molecule has 1 aromatic rings. The Morgan fingerprint density at radius 3 is 2.35 bits per heavy atom. The second kappa shape index (κ2) is 7.07. The van der Waals surface area contributed by atoms with Gasteiger partial charge in [-0.25, -0.2) is 0 Å². The zero-order valence-electron chi connectivity index (χ0n) is 10.9. The second-order valence-electron chi connectivity index (χ2n) is 4.35. The first kappa shape index (κ1) is 13.7. The van der Waals surface area contributed by atoms with Crippen molar-refractivity contribution in [2.45, 2.75) is 26.8 Å². The Hall–Kier alpha value is -1.35. The Morgan fingerprint density at radius 2 is 1.82 bits per heavy atom. The van der Waals surface area contributed by atoms with E-state index in [1.807, 2.05) is 14.0 Å². The summed E-state index contributed by atoms with van der Waals surface area (Å²) in [6.07, 6.45) is 1.05. The van der Waals surface area contributed by atoms with Crippen molar-refractivity contribution in [2.24, 2.45) is 5.92 Å². The quantitative estimate of drug-likeness (QED) is 0.787. The molecule has 0 aliphatic carbocycles. The summed E-state index contributed by atoms with van der Waals surface area (Å²) in [5, 5.41) is 5.94. The van der Waals surface area contributed by atoms with Gasteiger partial charge in [-0.15, -0.1) is 0 Å². The fraction of sp³-hybridized carbons (Fsp3) is 0.500. The molecule has 94 valence electrons. The van der Waals surface area contributed by atoms with Crippen molar-refractivity contribution in [2.75, 3.05) is 13.6 Å². The minimum Gasteiger partial charge on any atom is -0.352 e. The smallest absolute Gasteiger partial charge is 0.224 e. The van der Waals surface area contributed by atoms with Crippen molar-refractivity contribution in [1.29, 1.82) is 0 Å². The summed E-state index contributed by atoms with van der Waals surface area (Å²) in [6.45, 7) is 5.37. The minimum absolute atomic E-state index is 0.00918. The van der Waals surface area contributed by atoms with Crippen LogP contribution in [-0.2, 0) is 17.8 Å². The van der Waals surface area contributed by atoms with Crippen LogP contribution in [0.15, 0.2) is 24.3 Å². The first-order valence-electron chi connectivity index (χ1n) is 6.17. The minimum atomic E-state index is 0.00918. The van der Waals surface area contributed by atoms with Crippen LogP contribution in [0.5, 0.6) is 0 Å². The van der Waals surface area contributed by atoms with Gasteiger partial charge < -0.3 is 10.6 Å². The van der Waals surface area contributed by atoms with E-state index in [0.717, 1.165) is 12.0 Å². The Kier molecular flexibility index (Phi) is 5.70. The summed E-state index contributed by atoms with van der Waals surface area (Å²) in [7, 11) is 1.85. The van der Waals surface area contributed by atoms with Gasteiger partial charge in [0.15, 0.2) is 0 Å². The van der Waals surface area contributed by atoms with Crippen LogP contribution in [0.2, 0.25) is 0 Å². The molecular weight excluding hydrogens is 212 g/mol. The lowest BCUT2D eigenvalue weighted by Crippen LogP contribution is -2.33. The SMILES string of the molecule is CCc1ccc(CNC(=O)C(C)CNC)cc1.